The van der Waals surface area contributed by atoms with Gasteiger partial charge in [-0.1, -0.05) is 40.9 Å². The number of halogens is 2. The molecule has 0 spiro atoms. The number of rotatable bonds is 3. The van der Waals surface area contributed by atoms with Crippen molar-refractivity contribution in [3.8, 4) is 0 Å². The van der Waals surface area contributed by atoms with Gasteiger partial charge in [0.1, 0.15) is 0 Å². The molecular formula is C15H11Cl2NO3. The highest BCUT2D eigenvalue weighted by Gasteiger charge is 2.14. The van der Waals surface area contributed by atoms with Gasteiger partial charge < -0.3 is 10.4 Å². The first-order valence-corrected chi connectivity index (χ1v) is 6.74. The van der Waals surface area contributed by atoms with Crippen molar-refractivity contribution in [2.24, 2.45) is 0 Å². The minimum absolute atomic E-state index is 0.0522. The van der Waals surface area contributed by atoms with Gasteiger partial charge in [-0.2, -0.15) is 0 Å². The molecule has 0 bridgehead atoms. The van der Waals surface area contributed by atoms with E-state index in [1.807, 2.05) is 6.92 Å². The first kappa shape index (κ1) is 15.4. The molecule has 21 heavy (non-hydrogen) atoms. The van der Waals surface area contributed by atoms with E-state index in [0.717, 1.165) is 5.56 Å². The minimum atomic E-state index is -1.15. The van der Waals surface area contributed by atoms with E-state index < -0.39 is 11.9 Å². The van der Waals surface area contributed by atoms with Gasteiger partial charge in [0.05, 0.1) is 21.3 Å². The summed E-state index contributed by atoms with van der Waals surface area (Å²) < 4.78 is 0. The van der Waals surface area contributed by atoms with Gasteiger partial charge in [0, 0.05) is 5.56 Å². The largest absolute Gasteiger partial charge is 0.478 e. The smallest absolute Gasteiger partial charge is 0.335 e. The Morgan fingerprint density at radius 2 is 1.67 bits per heavy atom. The Balaban J connectivity index is 2.32. The summed E-state index contributed by atoms with van der Waals surface area (Å²) in [7, 11) is 0. The summed E-state index contributed by atoms with van der Waals surface area (Å²) in [5.41, 5.74) is 1.57. The SMILES string of the molecule is Cc1ccc(C(=O)Nc2cc(C(=O)O)cc(Cl)c2Cl)cc1. The average molecular weight is 324 g/mol. The van der Waals surface area contributed by atoms with Crippen LogP contribution in [0.5, 0.6) is 0 Å². The third kappa shape index (κ3) is 3.54. The van der Waals surface area contributed by atoms with E-state index in [4.69, 9.17) is 28.3 Å². The second kappa shape index (κ2) is 6.16. The van der Waals surface area contributed by atoms with Crippen LogP contribution in [0.3, 0.4) is 0 Å². The molecule has 0 aliphatic rings. The van der Waals surface area contributed by atoms with Crippen molar-refractivity contribution in [3.05, 3.63) is 63.1 Å². The lowest BCUT2D eigenvalue weighted by atomic mass is 10.1. The summed E-state index contributed by atoms with van der Waals surface area (Å²) in [6, 6.07) is 9.44. The molecule has 0 aromatic heterocycles. The molecule has 2 N–H and O–H groups in total. The van der Waals surface area contributed by atoms with Gasteiger partial charge in [0.15, 0.2) is 0 Å². The lowest BCUT2D eigenvalue weighted by Crippen LogP contribution is -2.13. The van der Waals surface area contributed by atoms with Gasteiger partial charge >= 0.3 is 5.97 Å². The van der Waals surface area contributed by atoms with Crippen molar-refractivity contribution in [1.29, 1.82) is 0 Å². The molecule has 2 aromatic rings. The van der Waals surface area contributed by atoms with Gasteiger partial charge in [-0.05, 0) is 31.2 Å². The molecule has 1 amide bonds. The van der Waals surface area contributed by atoms with Crippen LogP contribution in [0.2, 0.25) is 10.0 Å². The van der Waals surface area contributed by atoms with Gasteiger partial charge in [-0.3, -0.25) is 4.79 Å². The fourth-order valence-corrected chi connectivity index (χ4v) is 2.08. The summed E-state index contributed by atoms with van der Waals surface area (Å²) >= 11 is 11.9. The zero-order valence-electron chi connectivity index (χ0n) is 11.0. The number of nitrogens with one attached hydrogen (secondary N) is 1. The van der Waals surface area contributed by atoms with E-state index in [1.54, 1.807) is 24.3 Å². The molecule has 0 saturated heterocycles. The molecule has 2 rings (SSSR count). The maximum absolute atomic E-state index is 12.1. The Hall–Kier alpha value is -2.04. The van der Waals surface area contributed by atoms with Crippen LogP contribution in [0.1, 0.15) is 26.3 Å². The fourth-order valence-electron chi connectivity index (χ4n) is 1.70. The van der Waals surface area contributed by atoms with E-state index in [1.165, 1.54) is 12.1 Å². The summed E-state index contributed by atoms with van der Waals surface area (Å²) in [5.74, 6) is -1.55. The van der Waals surface area contributed by atoms with Crippen molar-refractivity contribution in [3.63, 3.8) is 0 Å². The van der Waals surface area contributed by atoms with Crippen LogP contribution < -0.4 is 5.32 Å². The van der Waals surface area contributed by atoms with Gasteiger partial charge in [-0.15, -0.1) is 0 Å². The number of hydrogen-bond donors (Lipinski definition) is 2. The Bertz CT molecular complexity index is 712. The van der Waals surface area contributed by atoms with Crippen LogP contribution >= 0.6 is 23.2 Å². The maximum Gasteiger partial charge on any atom is 0.335 e. The number of amides is 1. The molecule has 0 aliphatic carbocycles. The third-order valence-electron chi connectivity index (χ3n) is 2.84. The van der Waals surface area contributed by atoms with Crippen LogP contribution in [0, 0.1) is 6.92 Å². The number of hydrogen-bond acceptors (Lipinski definition) is 2. The number of carbonyl (C=O) groups is 2. The van der Waals surface area contributed by atoms with Gasteiger partial charge in [0.25, 0.3) is 5.91 Å². The maximum atomic E-state index is 12.1. The normalized spacial score (nSPS) is 10.2. The second-order valence-corrected chi connectivity index (χ2v) is 5.23. The number of aryl methyl sites for hydroxylation is 1. The standard InChI is InChI=1S/C15H11Cl2NO3/c1-8-2-4-9(5-3-8)14(19)18-12-7-10(15(20)21)6-11(16)13(12)17/h2-7H,1H3,(H,18,19)(H,20,21). The summed E-state index contributed by atoms with van der Waals surface area (Å²) in [4.78, 5) is 23.1. The Morgan fingerprint density at radius 1 is 1.05 bits per heavy atom. The van der Waals surface area contributed by atoms with E-state index in [9.17, 15) is 9.59 Å². The Labute approximate surface area is 131 Å². The molecule has 0 aliphatic heterocycles. The molecule has 0 saturated carbocycles. The molecule has 0 heterocycles. The summed E-state index contributed by atoms with van der Waals surface area (Å²) in [6.07, 6.45) is 0. The number of anilines is 1. The van der Waals surface area contributed by atoms with Crippen molar-refractivity contribution in [2.75, 3.05) is 5.32 Å². The van der Waals surface area contributed by atoms with Gasteiger partial charge in [-0.25, -0.2) is 4.79 Å². The lowest BCUT2D eigenvalue weighted by molar-refractivity contribution is 0.0696. The first-order valence-electron chi connectivity index (χ1n) is 5.99. The molecule has 0 radical (unpaired) electrons. The highest BCUT2D eigenvalue weighted by atomic mass is 35.5. The quantitative estimate of drug-likeness (QED) is 0.887. The fraction of sp³-hybridized carbons (Fsp3) is 0.0667. The molecule has 6 heteroatoms. The van der Waals surface area contributed by atoms with Crippen molar-refractivity contribution >= 4 is 40.8 Å². The topological polar surface area (TPSA) is 66.4 Å². The van der Waals surface area contributed by atoms with Crippen LogP contribution in [-0.2, 0) is 0 Å². The first-order chi connectivity index (χ1) is 9.88. The monoisotopic (exact) mass is 323 g/mol. The predicted molar refractivity (Wildman–Crippen MR) is 82.6 cm³/mol. The predicted octanol–water partition coefficient (Wildman–Crippen LogP) is 4.25. The molecule has 4 nitrogen and oxygen atoms in total. The summed E-state index contributed by atoms with van der Waals surface area (Å²) in [5, 5.41) is 11.7. The lowest BCUT2D eigenvalue weighted by Gasteiger charge is -2.10. The zero-order chi connectivity index (χ0) is 15.6. The highest BCUT2D eigenvalue weighted by molar-refractivity contribution is 6.44. The van der Waals surface area contributed by atoms with Gasteiger partial charge in [0.2, 0.25) is 0 Å². The number of carbonyl (C=O) groups excluding carboxylic acids is 1. The van der Waals surface area contributed by atoms with Crippen molar-refractivity contribution in [1.82, 2.24) is 0 Å². The van der Waals surface area contributed by atoms with Crippen molar-refractivity contribution in [2.45, 2.75) is 6.92 Å². The summed E-state index contributed by atoms with van der Waals surface area (Å²) in [6.45, 7) is 1.91. The van der Waals surface area contributed by atoms with E-state index >= 15 is 0 Å². The number of benzene rings is 2. The number of aromatic carboxylic acids is 1. The van der Waals surface area contributed by atoms with Crippen LogP contribution in [0.15, 0.2) is 36.4 Å². The van der Waals surface area contributed by atoms with E-state index in [2.05, 4.69) is 5.32 Å². The highest BCUT2D eigenvalue weighted by Crippen LogP contribution is 2.32. The van der Waals surface area contributed by atoms with Crippen LogP contribution in [-0.4, -0.2) is 17.0 Å². The second-order valence-electron chi connectivity index (χ2n) is 4.44. The van der Waals surface area contributed by atoms with Crippen LogP contribution in [0.25, 0.3) is 0 Å². The molecule has 2 aromatic carbocycles. The molecule has 108 valence electrons. The third-order valence-corrected chi connectivity index (χ3v) is 3.64. The Morgan fingerprint density at radius 3 is 2.24 bits per heavy atom. The molecule has 0 atom stereocenters. The molecule has 0 unspecified atom stereocenters. The van der Waals surface area contributed by atoms with E-state index in [0.29, 0.717) is 5.56 Å². The number of carboxylic acids is 1. The Kier molecular flexibility index (Phi) is 4.50. The number of carboxylic acid groups (broad SMARTS) is 1. The average Bonchev–Trinajstić information content (AvgIpc) is 2.44. The van der Waals surface area contributed by atoms with Crippen LogP contribution in [0.4, 0.5) is 5.69 Å². The van der Waals surface area contributed by atoms with E-state index in [-0.39, 0.29) is 21.3 Å². The zero-order valence-corrected chi connectivity index (χ0v) is 12.5. The molecular weight excluding hydrogens is 313 g/mol. The van der Waals surface area contributed by atoms with Crippen molar-refractivity contribution < 1.29 is 14.7 Å². The minimum Gasteiger partial charge on any atom is -0.478 e. The molecule has 0 fully saturated rings.